The smallest absolute Gasteiger partial charge is 0.187 e. The Hall–Kier alpha value is -2.69. The summed E-state index contributed by atoms with van der Waals surface area (Å²) < 4.78 is 1.74. The molecule has 0 aliphatic rings. The maximum Gasteiger partial charge on any atom is 0.187 e. The minimum atomic E-state index is 0.693. The van der Waals surface area contributed by atoms with Crippen LogP contribution in [0.4, 0.5) is 5.69 Å². The number of anilines is 1. The van der Waals surface area contributed by atoms with Crippen LogP contribution in [0.25, 0.3) is 17.1 Å². The van der Waals surface area contributed by atoms with E-state index >= 15 is 0 Å². The Morgan fingerprint density at radius 2 is 1.87 bits per heavy atom. The number of nitrogens with zero attached hydrogens (tertiary/aromatic N) is 4. The number of hydrogen-bond acceptors (Lipinski definition) is 4. The molecule has 0 atom stereocenters. The van der Waals surface area contributed by atoms with Crippen molar-refractivity contribution in [2.24, 2.45) is 0 Å². The molecular weight excluding hydrogens is 286 g/mol. The van der Waals surface area contributed by atoms with Gasteiger partial charge in [-0.05, 0) is 59.5 Å². The lowest BCUT2D eigenvalue weighted by atomic mass is 10.1. The third-order valence-electron chi connectivity index (χ3n) is 4.01. The number of aromatic nitrogens is 4. The largest absolute Gasteiger partial charge is 0.398 e. The molecule has 1 aromatic heterocycles. The van der Waals surface area contributed by atoms with E-state index in [1.165, 1.54) is 18.4 Å². The van der Waals surface area contributed by atoms with Gasteiger partial charge in [-0.3, -0.25) is 0 Å². The van der Waals surface area contributed by atoms with Crippen molar-refractivity contribution in [3.8, 4) is 17.1 Å². The summed E-state index contributed by atoms with van der Waals surface area (Å²) >= 11 is 0. The number of aryl methyl sites for hydroxylation is 2. The van der Waals surface area contributed by atoms with Crippen molar-refractivity contribution >= 4 is 5.69 Å². The van der Waals surface area contributed by atoms with Crippen LogP contribution in [0.2, 0.25) is 0 Å². The molecule has 118 valence electrons. The molecule has 2 N–H and O–H groups in total. The SMILES string of the molecule is CCCCc1ccc(-n2nnnc2-c2ccc(C)c(N)c2)cc1. The van der Waals surface area contributed by atoms with E-state index in [0.29, 0.717) is 5.82 Å². The summed E-state index contributed by atoms with van der Waals surface area (Å²) in [6.45, 7) is 4.19. The number of rotatable bonds is 5. The van der Waals surface area contributed by atoms with Crippen LogP contribution in [0, 0.1) is 6.92 Å². The predicted molar refractivity (Wildman–Crippen MR) is 92.4 cm³/mol. The van der Waals surface area contributed by atoms with Crippen LogP contribution in [0.5, 0.6) is 0 Å². The van der Waals surface area contributed by atoms with Crippen LogP contribution in [0.15, 0.2) is 42.5 Å². The highest BCUT2D eigenvalue weighted by molar-refractivity contribution is 5.64. The molecule has 0 saturated carbocycles. The third kappa shape index (κ3) is 3.23. The lowest BCUT2D eigenvalue weighted by molar-refractivity contribution is 0.784. The molecule has 0 bridgehead atoms. The molecular formula is C18H21N5. The van der Waals surface area contributed by atoms with E-state index in [1.54, 1.807) is 4.68 Å². The Morgan fingerprint density at radius 1 is 1.09 bits per heavy atom. The first-order valence-electron chi connectivity index (χ1n) is 7.93. The van der Waals surface area contributed by atoms with Crippen molar-refractivity contribution in [1.82, 2.24) is 20.2 Å². The average Bonchev–Trinajstić information content (AvgIpc) is 3.05. The highest BCUT2D eigenvalue weighted by atomic mass is 15.5. The highest BCUT2D eigenvalue weighted by Crippen LogP contribution is 2.23. The first kappa shape index (κ1) is 15.2. The van der Waals surface area contributed by atoms with E-state index in [0.717, 1.165) is 28.9 Å². The number of benzene rings is 2. The maximum absolute atomic E-state index is 6.00. The lowest BCUT2D eigenvalue weighted by Gasteiger charge is -2.07. The monoisotopic (exact) mass is 307 g/mol. The Bertz CT molecular complexity index is 789. The molecule has 5 nitrogen and oxygen atoms in total. The normalized spacial score (nSPS) is 10.9. The van der Waals surface area contributed by atoms with E-state index in [1.807, 2.05) is 25.1 Å². The summed E-state index contributed by atoms with van der Waals surface area (Å²) in [6, 6.07) is 14.3. The van der Waals surface area contributed by atoms with Crippen molar-refractivity contribution in [3.05, 3.63) is 53.6 Å². The van der Waals surface area contributed by atoms with Gasteiger partial charge in [0.25, 0.3) is 0 Å². The van der Waals surface area contributed by atoms with Gasteiger partial charge in [0, 0.05) is 11.3 Å². The van der Waals surface area contributed by atoms with Gasteiger partial charge in [-0.25, -0.2) is 0 Å². The first-order valence-corrected chi connectivity index (χ1v) is 7.93. The van der Waals surface area contributed by atoms with Crippen molar-refractivity contribution in [2.45, 2.75) is 33.1 Å². The fourth-order valence-electron chi connectivity index (χ4n) is 2.51. The van der Waals surface area contributed by atoms with Crippen LogP contribution in [-0.2, 0) is 6.42 Å². The Balaban J connectivity index is 1.92. The van der Waals surface area contributed by atoms with E-state index in [9.17, 15) is 0 Å². The van der Waals surface area contributed by atoms with Crippen molar-refractivity contribution in [2.75, 3.05) is 5.73 Å². The van der Waals surface area contributed by atoms with Crippen LogP contribution in [0.1, 0.15) is 30.9 Å². The highest BCUT2D eigenvalue weighted by Gasteiger charge is 2.11. The van der Waals surface area contributed by atoms with Gasteiger partial charge < -0.3 is 5.73 Å². The zero-order valence-corrected chi connectivity index (χ0v) is 13.5. The van der Waals surface area contributed by atoms with Crippen molar-refractivity contribution in [1.29, 1.82) is 0 Å². The van der Waals surface area contributed by atoms with Crippen LogP contribution in [0.3, 0.4) is 0 Å². The molecule has 2 aromatic carbocycles. The molecule has 3 rings (SSSR count). The minimum Gasteiger partial charge on any atom is -0.398 e. The van der Waals surface area contributed by atoms with E-state index in [2.05, 4.69) is 46.7 Å². The standard InChI is InChI=1S/C18H21N5/c1-3-4-5-14-7-10-16(11-8-14)23-18(20-21-22-23)15-9-6-13(2)17(19)12-15/h6-12H,3-5,19H2,1-2H3. The fraction of sp³-hybridized carbons (Fsp3) is 0.278. The molecule has 0 aliphatic heterocycles. The Morgan fingerprint density at radius 3 is 2.57 bits per heavy atom. The summed E-state index contributed by atoms with van der Waals surface area (Å²) in [5.74, 6) is 0.693. The zero-order chi connectivity index (χ0) is 16.2. The fourth-order valence-corrected chi connectivity index (χ4v) is 2.51. The van der Waals surface area contributed by atoms with Gasteiger partial charge in [0.05, 0.1) is 5.69 Å². The van der Waals surface area contributed by atoms with Crippen LogP contribution < -0.4 is 5.73 Å². The average molecular weight is 307 g/mol. The molecule has 23 heavy (non-hydrogen) atoms. The Kier molecular flexibility index (Phi) is 4.37. The van der Waals surface area contributed by atoms with Crippen molar-refractivity contribution in [3.63, 3.8) is 0 Å². The predicted octanol–water partition coefficient (Wildman–Crippen LogP) is 3.56. The van der Waals surface area contributed by atoms with E-state index < -0.39 is 0 Å². The number of unbranched alkanes of at least 4 members (excludes halogenated alkanes) is 1. The lowest BCUT2D eigenvalue weighted by Crippen LogP contribution is -2.01. The zero-order valence-electron chi connectivity index (χ0n) is 13.5. The summed E-state index contributed by atoms with van der Waals surface area (Å²) in [5.41, 5.74) is 11.0. The molecule has 1 heterocycles. The molecule has 3 aromatic rings. The topological polar surface area (TPSA) is 69.6 Å². The van der Waals surface area contributed by atoms with Crippen LogP contribution in [-0.4, -0.2) is 20.2 Å². The number of nitrogens with two attached hydrogens (primary N) is 1. The molecule has 0 aliphatic carbocycles. The first-order chi connectivity index (χ1) is 11.2. The molecule has 0 fully saturated rings. The quantitative estimate of drug-likeness (QED) is 0.732. The second-order valence-electron chi connectivity index (χ2n) is 5.76. The number of tetrazole rings is 1. The third-order valence-corrected chi connectivity index (χ3v) is 4.01. The molecule has 5 heteroatoms. The second kappa shape index (κ2) is 6.60. The summed E-state index contributed by atoms with van der Waals surface area (Å²) in [6.07, 6.45) is 3.51. The molecule has 0 spiro atoms. The van der Waals surface area contributed by atoms with Gasteiger partial charge in [0.1, 0.15) is 0 Å². The van der Waals surface area contributed by atoms with Gasteiger partial charge in [0.15, 0.2) is 5.82 Å². The van der Waals surface area contributed by atoms with Crippen LogP contribution >= 0.6 is 0 Å². The maximum atomic E-state index is 6.00. The van der Waals surface area contributed by atoms with Crippen molar-refractivity contribution < 1.29 is 0 Å². The van der Waals surface area contributed by atoms with Gasteiger partial charge in [-0.2, -0.15) is 4.68 Å². The summed E-state index contributed by atoms with van der Waals surface area (Å²) in [7, 11) is 0. The van der Waals surface area contributed by atoms with Gasteiger partial charge in [-0.15, -0.1) is 5.10 Å². The minimum absolute atomic E-state index is 0.693. The molecule has 0 radical (unpaired) electrons. The van der Waals surface area contributed by atoms with Gasteiger partial charge in [-0.1, -0.05) is 37.6 Å². The van der Waals surface area contributed by atoms with Gasteiger partial charge in [0.2, 0.25) is 0 Å². The molecule has 0 saturated heterocycles. The Labute approximate surface area is 136 Å². The second-order valence-corrected chi connectivity index (χ2v) is 5.76. The van der Waals surface area contributed by atoms with Gasteiger partial charge >= 0.3 is 0 Å². The van der Waals surface area contributed by atoms with E-state index in [-0.39, 0.29) is 0 Å². The molecule has 0 amide bonds. The number of nitrogen functional groups attached to an aromatic ring is 1. The van der Waals surface area contributed by atoms with E-state index in [4.69, 9.17) is 5.73 Å². The summed E-state index contributed by atoms with van der Waals surface area (Å²) in [4.78, 5) is 0. The number of hydrogen-bond donors (Lipinski definition) is 1. The molecule has 0 unspecified atom stereocenters. The summed E-state index contributed by atoms with van der Waals surface area (Å²) in [5, 5.41) is 12.1.